The van der Waals surface area contributed by atoms with E-state index in [2.05, 4.69) is 69.0 Å². The average molecular weight is 282 g/mol. The molecule has 1 atom stereocenters. The van der Waals surface area contributed by atoms with Crippen LogP contribution in [0, 0.1) is 5.41 Å². The molecule has 0 radical (unpaired) electrons. The first-order valence-electron chi connectivity index (χ1n) is 8.00. The van der Waals surface area contributed by atoms with Crippen molar-refractivity contribution in [2.45, 2.75) is 39.8 Å². The smallest absolute Gasteiger partial charge is 0.101 e. The third-order valence-electron chi connectivity index (χ3n) is 5.33. The first-order valence-corrected chi connectivity index (χ1v) is 8.00. The molecule has 0 aliphatic heterocycles. The molecule has 0 aromatic heterocycles. The number of nitrogens with two attached hydrogens (primary N) is 1. The number of hydrogen-bond acceptors (Lipinski definition) is 2. The van der Waals surface area contributed by atoms with Crippen molar-refractivity contribution in [3.8, 4) is 0 Å². The number of hydrogen-bond donors (Lipinski definition) is 1. The van der Waals surface area contributed by atoms with Crippen LogP contribution in [0.1, 0.15) is 38.8 Å². The van der Waals surface area contributed by atoms with Crippen LogP contribution < -0.4 is 5.73 Å². The first kappa shape index (κ1) is 14.6. The predicted molar refractivity (Wildman–Crippen MR) is 90.2 cm³/mol. The Labute approximate surface area is 127 Å². The molecule has 2 aromatic rings. The van der Waals surface area contributed by atoms with E-state index in [0.29, 0.717) is 0 Å². The number of rotatable bonds is 3. The van der Waals surface area contributed by atoms with Crippen molar-refractivity contribution < 1.29 is 0 Å². The van der Waals surface area contributed by atoms with Crippen LogP contribution in [0.15, 0.2) is 36.4 Å². The number of nitrogens with zero attached hydrogens (tertiary/aromatic N) is 1. The molecule has 2 nitrogen and oxygen atoms in total. The van der Waals surface area contributed by atoms with E-state index in [1.54, 1.807) is 0 Å². The van der Waals surface area contributed by atoms with Gasteiger partial charge < -0.3 is 5.73 Å². The van der Waals surface area contributed by atoms with Crippen molar-refractivity contribution in [1.29, 1.82) is 0 Å². The van der Waals surface area contributed by atoms with Crippen LogP contribution in [0.4, 0.5) is 0 Å². The van der Waals surface area contributed by atoms with Gasteiger partial charge in [0, 0.05) is 5.41 Å². The molecule has 0 saturated carbocycles. The highest BCUT2D eigenvalue weighted by Gasteiger charge is 2.50. The third-order valence-corrected chi connectivity index (χ3v) is 5.33. The van der Waals surface area contributed by atoms with Crippen LogP contribution in [-0.2, 0) is 12.1 Å². The minimum atomic E-state index is -0.412. The van der Waals surface area contributed by atoms with Crippen LogP contribution in [0.3, 0.4) is 0 Å². The van der Waals surface area contributed by atoms with Crippen LogP contribution in [0.2, 0.25) is 0 Å². The molecule has 0 bridgehead atoms. The van der Waals surface area contributed by atoms with Gasteiger partial charge in [-0.1, -0.05) is 64.1 Å². The van der Waals surface area contributed by atoms with Crippen molar-refractivity contribution in [3.63, 3.8) is 0 Å². The Morgan fingerprint density at radius 1 is 1.05 bits per heavy atom. The quantitative estimate of drug-likeness (QED) is 0.866. The highest BCUT2D eigenvalue weighted by molar-refractivity contribution is 5.90. The standard InChI is InChI=1S/C19H26N2/c1-5-21(6-2)19(20)16-12-8-10-14-9-7-11-15(17(14)16)13-18(19,3)4/h7-12H,5-6,13,20H2,1-4H3. The maximum atomic E-state index is 7.10. The van der Waals surface area contributed by atoms with E-state index in [-0.39, 0.29) is 5.41 Å². The van der Waals surface area contributed by atoms with Gasteiger partial charge in [-0.05, 0) is 41.4 Å². The molecule has 0 fully saturated rings. The van der Waals surface area contributed by atoms with Gasteiger partial charge in [-0.3, -0.25) is 4.90 Å². The SMILES string of the molecule is CCN(CC)C1(N)c2cccc3cccc(c23)CC1(C)C. The lowest BCUT2D eigenvalue weighted by Crippen LogP contribution is -2.63. The summed E-state index contributed by atoms with van der Waals surface area (Å²) in [5.41, 5.74) is 9.41. The summed E-state index contributed by atoms with van der Waals surface area (Å²) in [6.07, 6.45) is 1.02. The van der Waals surface area contributed by atoms with Gasteiger partial charge >= 0.3 is 0 Å². The zero-order valence-electron chi connectivity index (χ0n) is 13.6. The molecule has 1 aliphatic carbocycles. The van der Waals surface area contributed by atoms with E-state index in [1.807, 2.05) is 0 Å². The van der Waals surface area contributed by atoms with E-state index in [4.69, 9.17) is 5.73 Å². The molecular weight excluding hydrogens is 256 g/mol. The second-order valence-electron chi connectivity index (χ2n) is 6.82. The Balaban J connectivity index is 2.37. The molecule has 1 aliphatic rings. The fraction of sp³-hybridized carbons (Fsp3) is 0.474. The van der Waals surface area contributed by atoms with Crippen LogP contribution in [-0.4, -0.2) is 18.0 Å². The van der Waals surface area contributed by atoms with Crippen molar-refractivity contribution in [2.24, 2.45) is 11.1 Å². The second-order valence-corrected chi connectivity index (χ2v) is 6.82. The van der Waals surface area contributed by atoms with Gasteiger partial charge in [0.15, 0.2) is 0 Å². The molecule has 0 amide bonds. The summed E-state index contributed by atoms with van der Waals surface area (Å²) in [7, 11) is 0. The first-order chi connectivity index (χ1) is 9.95. The van der Waals surface area contributed by atoms with E-state index in [1.165, 1.54) is 21.9 Å². The Morgan fingerprint density at radius 3 is 2.29 bits per heavy atom. The molecule has 2 aromatic carbocycles. The lowest BCUT2D eigenvalue weighted by molar-refractivity contribution is -0.0148. The summed E-state index contributed by atoms with van der Waals surface area (Å²) in [4.78, 5) is 2.41. The fourth-order valence-electron chi connectivity index (χ4n) is 4.18. The highest BCUT2D eigenvalue weighted by atomic mass is 15.3. The molecule has 2 heteroatoms. The van der Waals surface area contributed by atoms with Gasteiger partial charge in [0.1, 0.15) is 5.66 Å². The van der Waals surface area contributed by atoms with Crippen LogP contribution >= 0.6 is 0 Å². The van der Waals surface area contributed by atoms with Crippen molar-refractivity contribution in [2.75, 3.05) is 13.1 Å². The predicted octanol–water partition coefficient (Wildman–Crippen LogP) is 3.88. The molecule has 0 saturated heterocycles. The molecule has 1 unspecified atom stereocenters. The van der Waals surface area contributed by atoms with Gasteiger partial charge in [0.25, 0.3) is 0 Å². The molecule has 112 valence electrons. The fourth-order valence-corrected chi connectivity index (χ4v) is 4.18. The minimum absolute atomic E-state index is 0.00164. The molecule has 3 rings (SSSR count). The van der Waals surface area contributed by atoms with Crippen LogP contribution in [0.5, 0.6) is 0 Å². The van der Waals surface area contributed by atoms with E-state index < -0.39 is 5.66 Å². The van der Waals surface area contributed by atoms with E-state index in [0.717, 1.165) is 19.5 Å². The van der Waals surface area contributed by atoms with Gasteiger partial charge in [0.05, 0.1) is 0 Å². The molecule has 0 heterocycles. The lowest BCUT2D eigenvalue weighted by Gasteiger charge is -2.54. The van der Waals surface area contributed by atoms with Crippen molar-refractivity contribution >= 4 is 10.8 Å². The second kappa shape index (κ2) is 4.82. The van der Waals surface area contributed by atoms with Gasteiger partial charge in [-0.15, -0.1) is 0 Å². The van der Waals surface area contributed by atoms with E-state index >= 15 is 0 Å². The molecular formula is C19H26N2. The summed E-state index contributed by atoms with van der Waals surface area (Å²) >= 11 is 0. The van der Waals surface area contributed by atoms with Crippen molar-refractivity contribution in [3.05, 3.63) is 47.5 Å². The van der Waals surface area contributed by atoms with Crippen molar-refractivity contribution in [1.82, 2.24) is 4.90 Å². The maximum Gasteiger partial charge on any atom is 0.101 e. The van der Waals surface area contributed by atoms with Crippen LogP contribution in [0.25, 0.3) is 10.8 Å². The lowest BCUT2D eigenvalue weighted by atomic mass is 9.64. The molecule has 2 N–H and O–H groups in total. The largest absolute Gasteiger partial charge is 0.309 e. The topological polar surface area (TPSA) is 29.3 Å². The number of benzene rings is 2. The van der Waals surface area contributed by atoms with Gasteiger partial charge in [0.2, 0.25) is 0 Å². The van der Waals surface area contributed by atoms with Gasteiger partial charge in [-0.25, -0.2) is 0 Å². The summed E-state index contributed by atoms with van der Waals surface area (Å²) < 4.78 is 0. The van der Waals surface area contributed by atoms with E-state index in [9.17, 15) is 0 Å². The Bertz CT molecular complexity index is 665. The third kappa shape index (κ3) is 1.86. The van der Waals surface area contributed by atoms with Gasteiger partial charge in [-0.2, -0.15) is 0 Å². The Hall–Kier alpha value is -1.38. The zero-order chi connectivity index (χ0) is 15.3. The summed E-state index contributed by atoms with van der Waals surface area (Å²) in [5.74, 6) is 0. The minimum Gasteiger partial charge on any atom is -0.309 e. The molecule has 0 spiro atoms. The Kier molecular flexibility index (Phi) is 3.34. The average Bonchev–Trinajstić information content (AvgIpc) is 2.46. The highest BCUT2D eigenvalue weighted by Crippen LogP contribution is 2.49. The maximum absolute atomic E-state index is 7.10. The summed E-state index contributed by atoms with van der Waals surface area (Å²) in [6, 6.07) is 13.2. The summed E-state index contributed by atoms with van der Waals surface area (Å²) in [6.45, 7) is 11.0. The monoisotopic (exact) mass is 282 g/mol. The molecule has 21 heavy (non-hydrogen) atoms. The summed E-state index contributed by atoms with van der Waals surface area (Å²) in [5, 5.41) is 2.68. The Morgan fingerprint density at radius 2 is 1.67 bits per heavy atom. The zero-order valence-corrected chi connectivity index (χ0v) is 13.6. The normalized spacial score (nSPS) is 23.7.